The molecular formula is C21H25BrN4OS. The maximum atomic E-state index is 12.4. The third kappa shape index (κ3) is 7.32. The molecule has 0 aromatic heterocycles. The molecule has 7 heteroatoms. The fourth-order valence-electron chi connectivity index (χ4n) is 2.32. The molecule has 5 nitrogen and oxygen atoms in total. The molecule has 1 amide bonds. The predicted octanol–water partition coefficient (Wildman–Crippen LogP) is 4.83. The van der Waals surface area contributed by atoms with Crippen LogP contribution in [0.5, 0.6) is 0 Å². The summed E-state index contributed by atoms with van der Waals surface area (Å²) in [6.45, 7) is 6.27. The van der Waals surface area contributed by atoms with Gasteiger partial charge in [-0.15, -0.1) is 6.58 Å². The van der Waals surface area contributed by atoms with Crippen LogP contribution >= 0.6 is 28.6 Å². The van der Waals surface area contributed by atoms with E-state index in [1.54, 1.807) is 18.4 Å². The lowest BCUT2D eigenvalue weighted by Crippen LogP contribution is -2.08. The van der Waals surface area contributed by atoms with Crippen LogP contribution in [0.2, 0.25) is 0 Å². The van der Waals surface area contributed by atoms with Crippen LogP contribution in [0.3, 0.4) is 0 Å². The molecule has 0 saturated heterocycles. The van der Waals surface area contributed by atoms with Gasteiger partial charge in [0, 0.05) is 52.7 Å². The number of benzene rings is 1. The number of hydrogen-bond acceptors (Lipinski definition) is 5. The van der Waals surface area contributed by atoms with Crippen LogP contribution in [-0.2, 0) is 10.5 Å². The van der Waals surface area contributed by atoms with E-state index < -0.39 is 0 Å². The average molecular weight is 461 g/mol. The maximum absolute atomic E-state index is 12.4. The van der Waals surface area contributed by atoms with Crippen molar-refractivity contribution in [3.8, 4) is 0 Å². The van der Waals surface area contributed by atoms with E-state index in [-0.39, 0.29) is 5.91 Å². The minimum atomic E-state index is -0.277. The molecule has 0 saturated carbocycles. The highest BCUT2D eigenvalue weighted by Gasteiger charge is 2.07. The van der Waals surface area contributed by atoms with E-state index in [1.807, 2.05) is 25.1 Å². The van der Waals surface area contributed by atoms with Crippen molar-refractivity contribution in [3.05, 3.63) is 76.0 Å². The van der Waals surface area contributed by atoms with E-state index in [0.717, 1.165) is 15.6 Å². The Kier molecular flexibility index (Phi) is 10.9. The highest BCUT2D eigenvalue weighted by atomic mass is 79.9. The molecule has 0 radical (unpaired) electrons. The first-order valence-corrected chi connectivity index (χ1v) is 10.1. The normalized spacial score (nSPS) is 12.9. The smallest absolute Gasteiger partial charge is 0.248 e. The number of nitrogens with one attached hydrogen (secondary N) is 2. The van der Waals surface area contributed by atoms with E-state index in [9.17, 15) is 4.79 Å². The summed E-state index contributed by atoms with van der Waals surface area (Å²) >= 11 is 7.73. The van der Waals surface area contributed by atoms with Crippen molar-refractivity contribution >= 4 is 52.6 Å². The van der Waals surface area contributed by atoms with Crippen molar-refractivity contribution in [3.63, 3.8) is 0 Å². The Bertz CT molecular complexity index is 841. The van der Waals surface area contributed by atoms with Gasteiger partial charge >= 0.3 is 0 Å². The average Bonchev–Trinajstić information content (AvgIpc) is 2.70. The SMILES string of the molecule is C=CCC(/C(C=N)=C/N)=C(C=NCC)/C=C/C(=O)Nc1ccc(Br)c(CS)c1. The van der Waals surface area contributed by atoms with Gasteiger partial charge in [0.25, 0.3) is 0 Å². The van der Waals surface area contributed by atoms with Gasteiger partial charge in [0.15, 0.2) is 0 Å². The topological polar surface area (TPSA) is 91.3 Å². The molecule has 0 bridgehead atoms. The Hall–Kier alpha value is -2.38. The van der Waals surface area contributed by atoms with Crippen LogP contribution in [0, 0.1) is 5.41 Å². The summed E-state index contributed by atoms with van der Waals surface area (Å²) < 4.78 is 0.943. The summed E-state index contributed by atoms with van der Waals surface area (Å²) in [5, 5.41) is 10.4. The molecular weight excluding hydrogens is 436 g/mol. The number of rotatable bonds is 10. The number of anilines is 1. The van der Waals surface area contributed by atoms with Crippen LogP contribution in [0.4, 0.5) is 5.69 Å². The molecule has 1 aromatic rings. The molecule has 148 valence electrons. The van der Waals surface area contributed by atoms with E-state index in [4.69, 9.17) is 11.1 Å². The number of halogens is 1. The Balaban J connectivity index is 3.17. The molecule has 0 aliphatic heterocycles. The molecule has 1 rings (SSSR count). The zero-order chi connectivity index (χ0) is 20.9. The first-order chi connectivity index (χ1) is 13.5. The second kappa shape index (κ2) is 12.9. The van der Waals surface area contributed by atoms with Gasteiger partial charge in [-0.2, -0.15) is 12.6 Å². The number of thiol groups is 1. The largest absolute Gasteiger partial charge is 0.404 e. The fourth-order valence-corrected chi connectivity index (χ4v) is 3.18. The summed E-state index contributed by atoms with van der Waals surface area (Å²) in [5.74, 6) is 0.282. The molecule has 0 aliphatic carbocycles. The molecule has 28 heavy (non-hydrogen) atoms. The molecule has 0 atom stereocenters. The van der Waals surface area contributed by atoms with Gasteiger partial charge in [-0.05, 0) is 54.3 Å². The van der Waals surface area contributed by atoms with Crippen molar-refractivity contribution in [1.82, 2.24) is 0 Å². The number of nitrogens with zero attached hydrogens (tertiary/aromatic N) is 1. The van der Waals surface area contributed by atoms with Gasteiger partial charge < -0.3 is 16.5 Å². The van der Waals surface area contributed by atoms with Gasteiger partial charge in [0.2, 0.25) is 5.91 Å². The number of aliphatic imine (C=N–C) groups is 1. The van der Waals surface area contributed by atoms with Crippen LogP contribution < -0.4 is 11.1 Å². The zero-order valence-electron chi connectivity index (χ0n) is 15.8. The lowest BCUT2D eigenvalue weighted by Gasteiger charge is -2.09. The first kappa shape index (κ1) is 23.7. The van der Waals surface area contributed by atoms with Gasteiger partial charge in [0.1, 0.15) is 0 Å². The Morgan fingerprint density at radius 1 is 1.43 bits per heavy atom. The number of carbonyl (C=O) groups excluding carboxylic acids is 1. The van der Waals surface area contributed by atoms with Crippen LogP contribution in [0.25, 0.3) is 0 Å². The second-order valence-electron chi connectivity index (χ2n) is 5.61. The maximum Gasteiger partial charge on any atom is 0.248 e. The Morgan fingerprint density at radius 3 is 2.75 bits per heavy atom. The molecule has 0 heterocycles. The predicted molar refractivity (Wildman–Crippen MR) is 127 cm³/mol. The molecule has 0 unspecified atom stereocenters. The third-order valence-corrected chi connectivity index (χ3v) is 4.81. The fraction of sp³-hybridized carbons (Fsp3) is 0.190. The van der Waals surface area contributed by atoms with Crippen molar-refractivity contribution in [2.24, 2.45) is 10.7 Å². The summed E-state index contributed by atoms with van der Waals surface area (Å²) in [7, 11) is 0. The van der Waals surface area contributed by atoms with Crippen LogP contribution in [0.1, 0.15) is 18.9 Å². The molecule has 4 N–H and O–H groups in total. The minimum absolute atomic E-state index is 0.277. The highest BCUT2D eigenvalue weighted by molar-refractivity contribution is 9.10. The lowest BCUT2D eigenvalue weighted by atomic mass is 9.98. The van der Waals surface area contributed by atoms with Gasteiger partial charge in [-0.25, -0.2) is 0 Å². The minimum Gasteiger partial charge on any atom is -0.404 e. The van der Waals surface area contributed by atoms with Crippen molar-refractivity contribution in [1.29, 1.82) is 5.41 Å². The van der Waals surface area contributed by atoms with Crippen LogP contribution in [-0.4, -0.2) is 24.9 Å². The summed E-state index contributed by atoms with van der Waals surface area (Å²) in [6, 6.07) is 5.55. The Labute approximate surface area is 180 Å². The standard InChI is InChI=1S/C21H25BrN4OS/c1-3-5-19(17(11-23)12-24)15(13-25-4-2)6-9-21(27)26-18-7-8-20(22)16(10-18)14-28/h3,6-13,23,28H,1,4-5,14,24H2,2H3,(H,26,27)/b9-6+,17-12+,19-15+,23-11?,25-13?. The highest BCUT2D eigenvalue weighted by Crippen LogP contribution is 2.23. The monoisotopic (exact) mass is 460 g/mol. The van der Waals surface area contributed by atoms with Gasteiger partial charge in [-0.1, -0.05) is 22.0 Å². The number of amides is 1. The molecule has 0 aliphatic rings. The number of allylic oxidation sites excluding steroid dienone is 5. The summed E-state index contributed by atoms with van der Waals surface area (Å²) in [6.07, 6.45) is 9.52. The summed E-state index contributed by atoms with van der Waals surface area (Å²) in [4.78, 5) is 16.6. The second-order valence-corrected chi connectivity index (χ2v) is 6.78. The number of hydrogen-bond donors (Lipinski definition) is 4. The summed E-state index contributed by atoms with van der Waals surface area (Å²) in [5.41, 5.74) is 9.33. The Morgan fingerprint density at radius 2 is 2.18 bits per heavy atom. The van der Waals surface area contributed by atoms with E-state index in [0.29, 0.717) is 35.6 Å². The van der Waals surface area contributed by atoms with Crippen molar-refractivity contribution in [2.75, 3.05) is 11.9 Å². The first-order valence-electron chi connectivity index (χ1n) is 8.65. The van der Waals surface area contributed by atoms with Crippen molar-refractivity contribution in [2.45, 2.75) is 19.1 Å². The van der Waals surface area contributed by atoms with E-state index in [1.165, 1.54) is 18.5 Å². The molecule has 0 fully saturated rings. The number of carbonyl (C=O) groups is 1. The molecule has 1 aromatic carbocycles. The number of nitrogens with two attached hydrogens (primary N) is 1. The van der Waals surface area contributed by atoms with Crippen molar-refractivity contribution < 1.29 is 4.79 Å². The lowest BCUT2D eigenvalue weighted by molar-refractivity contribution is -0.111. The van der Waals surface area contributed by atoms with Crippen LogP contribution in [0.15, 0.2) is 75.4 Å². The molecule has 0 spiro atoms. The van der Waals surface area contributed by atoms with E-state index in [2.05, 4.69) is 45.4 Å². The van der Waals surface area contributed by atoms with Gasteiger partial charge in [0.05, 0.1) is 0 Å². The zero-order valence-corrected chi connectivity index (χ0v) is 18.3. The quantitative estimate of drug-likeness (QED) is 0.132. The van der Waals surface area contributed by atoms with Gasteiger partial charge in [-0.3, -0.25) is 9.79 Å². The van der Waals surface area contributed by atoms with E-state index >= 15 is 0 Å². The third-order valence-electron chi connectivity index (χ3n) is 3.69.